The first kappa shape index (κ1) is 35.7. The van der Waals surface area contributed by atoms with Gasteiger partial charge in [-0.1, -0.05) is 130 Å². The number of allylic oxidation sites excluding steroid dienone is 17. The van der Waals surface area contributed by atoms with Crippen LogP contribution in [0.4, 0.5) is 0 Å². The van der Waals surface area contributed by atoms with Gasteiger partial charge in [0.1, 0.15) is 5.60 Å². The van der Waals surface area contributed by atoms with Crippen LogP contribution in [0.25, 0.3) is 0 Å². The van der Waals surface area contributed by atoms with Crippen molar-refractivity contribution in [2.75, 3.05) is 0 Å². The number of hydrogen-bond acceptors (Lipinski definition) is 4. The van der Waals surface area contributed by atoms with E-state index in [1.54, 1.807) is 6.08 Å². The van der Waals surface area contributed by atoms with Crippen molar-refractivity contribution in [2.45, 2.75) is 118 Å². The Bertz CT molecular complexity index is 1330. The number of ketones is 1. The van der Waals surface area contributed by atoms with Gasteiger partial charge in [-0.25, -0.2) is 0 Å². The summed E-state index contributed by atoms with van der Waals surface area (Å²) in [4.78, 5) is 12.9. The maximum Gasteiger partial charge on any atom is 0.162 e. The van der Waals surface area contributed by atoms with Crippen molar-refractivity contribution < 1.29 is 19.7 Å². The van der Waals surface area contributed by atoms with E-state index in [4.69, 9.17) is 4.74 Å². The van der Waals surface area contributed by atoms with Crippen LogP contribution < -0.4 is 0 Å². The second-order valence-corrected chi connectivity index (χ2v) is 15.1. The smallest absolute Gasteiger partial charge is 0.162 e. The van der Waals surface area contributed by atoms with Gasteiger partial charge in [-0.3, -0.25) is 4.79 Å². The van der Waals surface area contributed by atoms with Gasteiger partial charge in [-0.05, 0) is 71.4 Å². The fourth-order valence-corrected chi connectivity index (χ4v) is 7.24. The van der Waals surface area contributed by atoms with E-state index in [2.05, 4.69) is 84.9 Å². The highest BCUT2D eigenvalue weighted by atomic mass is 16.5. The van der Waals surface area contributed by atoms with E-state index in [9.17, 15) is 15.0 Å². The van der Waals surface area contributed by atoms with Crippen molar-refractivity contribution in [1.29, 1.82) is 0 Å². The number of fused-ring (bicyclic) bond motifs is 2. The number of hydrogen-bond donors (Lipinski definition) is 2. The molecule has 0 aromatic heterocycles. The standard InChI is InChI=1S/C40H56O4/c1-29(17-13-19-31(3)21-22-35(42)38(9)26-33(41)25-36(38,5)6)15-11-12-16-30(2)18-14-20-32(4)23-24-40-37(7,8)27-34(44-40)28-39(40,10)43/h11-24,33-34,41,43H,25-28H2,1-10H3/b12-11+,17-13+,18-14+,22-21+,24-23+,29-15+,30-16+,31-19+,32-20+/t33-,34+,38-,39+,40-/m0/s1. The van der Waals surface area contributed by atoms with Crippen LogP contribution in [0, 0.1) is 16.2 Å². The van der Waals surface area contributed by atoms with E-state index < -0.39 is 22.7 Å². The van der Waals surface area contributed by atoms with E-state index in [0.29, 0.717) is 19.3 Å². The Labute approximate surface area is 267 Å². The third-order valence-electron chi connectivity index (χ3n) is 10.3. The first-order valence-electron chi connectivity index (χ1n) is 16.1. The molecular weight excluding hydrogens is 544 g/mol. The van der Waals surface area contributed by atoms with Crippen LogP contribution in [0.5, 0.6) is 0 Å². The third kappa shape index (κ3) is 7.88. The van der Waals surface area contributed by atoms with Crippen molar-refractivity contribution in [2.24, 2.45) is 16.2 Å². The molecule has 4 nitrogen and oxygen atoms in total. The molecule has 5 atom stereocenters. The van der Waals surface area contributed by atoms with Gasteiger partial charge in [0.15, 0.2) is 5.78 Å². The summed E-state index contributed by atoms with van der Waals surface area (Å²) >= 11 is 0. The molecule has 0 radical (unpaired) electrons. The first-order chi connectivity index (χ1) is 20.3. The lowest BCUT2D eigenvalue weighted by molar-refractivity contribution is -0.127. The highest BCUT2D eigenvalue weighted by Crippen LogP contribution is 2.60. The Kier molecular flexibility index (Phi) is 11.1. The van der Waals surface area contributed by atoms with Gasteiger partial charge in [0.25, 0.3) is 0 Å². The Morgan fingerprint density at radius 1 is 0.636 bits per heavy atom. The van der Waals surface area contributed by atoms with Crippen LogP contribution in [-0.4, -0.2) is 39.4 Å². The van der Waals surface area contributed by atoms with Gasteiger partial charge in [0, 0.05) is 17.3 Å². The van der Waals surface area contributed by atoms with Crippen LogP contribution >= 0.6 is 0 Å². The predicted molar refractivity (Wildman–Crippen MR) is 184 cm³/mol. The number of rotatable bonds is 11. The molecule has 2 heterocycles. The molecular formula is C40H56O4. The molecule has 3 fully saturated rings. The summed E-state index contributed by atoms with van der Waals surface area (Å²) in [6, 6.07) is 0. The van der Waals surface area contributed by atoms with E-state index in [-0.39, 0.29) is 22.7 Å². The minimum Gasteiger partial charge on any atom is -0.393 e. The van der Waals surface area contributed by atoms with Gasteiger partial charge in [-0.2, -0.15) is 0 Å². The summed E-state index contributed by atoms with van der Waals surface area (Å²) in [5, 5.41) is 21.2. The van der Waals surface area contributed by atoms with Crippen molar-refractivity contribution in [3.05, 3.63) is 107 Å². The van der Waals surface area contributed by atoms with Gasteiger partial charge in [-0.15, -0.1) is 0 Å². The van der Waals surface area contributed by atoms with E-state index in [1.807, 2.05) is 63.3 Å². The normalized spacial score (nSPS) is 34.7. The van der Waals surface area contributed by atoms with Crippen LogP contribution in [0.2, 0.25) is 0 Å². The molecule has 0 aromatic carbocycles. The lowest BCUT2D eigenvalue weighted by Crippen LogP contribution is -2.56. The average Bonchev–Trinajstić information content (AvgIpc) is 3.41. The summed E-state index contributed by atoms with van der Waals surface area (Å²) < 4.78 is 6.30. The van der Waals surface area contributed by atoms with Crippen LogP contribution in [-0.2, 0) is 9.53 Å². The molecule has 3 rings (SSSR count). The zero-order valence-corrected chi connectivity index (χ0v) is 28.8. The highest BCUT2D eigenvalue weighted by molar-refractivity contribution is 5.95. The highest BCUT2D eigenvalue weighted by Gasteiger charge is 2.67. The maximum absolute atomic E-state index is 12.9. The summed E-state index contributed by atoms with van der Waals surface area (Å²) in [7, 11) is 0. The molecule has 0 aromatic rings. The fourth-order valence-electron chi connectivity index (χ4n) is 7.24. The Balaban J connectivity index is 1.50. The molecule has 2 bridgehead atoms. The molecule has 2 saturated heterocycles. The summed E-state index contributed by atoms with van der Waals surface area (Å²) in [6.07, 6.45) is 30.7. The summed E-state index contributed by atoms with van der Waals surface area (Å²) in [5.74, 6) is 0.0818. The molecule has 44 heavy (non-hydrogen) atoms. The van der Waals surface area contributed by atoms with Crippen molar-refractivity contribution in [1.82, 2.24) is 0 Å². The zero-order chi connectivity index (χ0) is 33.0. The Morgan fingerprint density at radius 2 is 1.14 bits per heavy atom. The number of carbonyl (C=O) groups excluding carboxylic acids is 1. The first-order valence-corrected chi connectivity index (χ1v) is 16.1. The molecule has 2 N–H and O–H groups in total. The molecule has 1 aliphatic carbocycles. The largest absolute Gasteiger partial charge is 0.393 e. The minimum absolute atomic E-state index is 0.0818. The summed E-state index contributed by atoms with van der Waals surface area (Å²) in [6.45, 7) is 20.6. The number of aliphatic hydroxyl groups is 2. The average molecular weight is 601 g/mol. The maximum atomic E-state index is 12.9. The number of ether oxygens (including phenoxy) is 1. The van der Waals surface area contributed by atoms with Crippen LogP contribution in [0.3, 0.4) is 0 Å². The molecule has 2 aliphatic heterocycles. The lowest BCUT2D eigenvalue weighted by atomic mass is 9.61. The fraction of sp³-hybridized carbons (Fsp3) is 0.525. The van der Waals surface area contributed by atoms with Crippen molar-refractivity contribution in [3.8, 4) is 0 Å². The summed E-state index contributed by atoms with van der Waals surface area (Å²) in [5.41, 5.74) is 2.00. The van der Waals surface area contributed by atoms with Crippen molar-refractivity contribution in [3.63, 3.8) is 0 Å². The van der Waals surface area contributed by atoms with Gasteiger partial charge >= 0.3 is 0 Å². The molecule has 0 amide bonds. The van der Waals surface area contributed by atoms with Crippen LogP contribution in [0.15, 0.2) is 107 Å². The SMILES string of the molecule is CC(/C=C/C=C(C)/C=C/C(=O)[C@]1(C)C[C@@H](O)CC1(C)C)=C\C=C\C=C(C)\C=C\C=C(C)\C=C\[C@]12O[C@H](CC1(C)C)C[C@@]2(C)O. The second kappa shape index (κ2) is 13.7. The zero-order valence-electron chi connectivity index (χ0n) is 28.8. The molecule has 0 unspecified atom stereocenters. The van der Waals surface area contributed by atoms with E-state index in [1.165, 1.54) is 0 Å². The molecule has 1 saturated carbocycles. The van der Waals surface area contributed by atoms with Gasteiger partial charge in [0.2, 0.25) is 0 Å². The molecule has 4 heteroatoms. The van der Waals surface area contributed by atoms with E-state index >= 15 is 0 Å². The lowest BCUT2D eigenvalue weighted by Gasteiger charge is -2.46. The second-order valence-electron chi connectivity index (χ2n) is 15.1. The Hall–Kier alpha value is -2.79. The van der Waals surface area contributed by atoms with Gasteiger partial charge < -0.3 is 14.9 Å². The molecule has 240 valence electrons. The van der Waals surface area contributed by atoms with Crippen molar-refractivity contribution >= 4 is 5.78 Å². The third-order valence-corrected chi connectivity index (χ3v) is 10.3. The van der Waals surface area contributed by atoms with E-state index in [0.717, 1.165) is 28.7 Å². The van der Waals surface area contributed by atoms with Crippen LogP contribution in [0.1, 0.15) is 94.9 Å². The molecule has 0 spiro atoms. The minimum atomic E-state index is -0.855. The number of carbonyl (C=O) groups is 1. The molecule has 3 aliphatic rings. The monoisotopic (exact) mass is 600 g/mol. The number of aliphatic hydroxyl groups excluding tert-OH is 1. The predicted octanol–water partition coefficient (Wildman–Crippen LogP) is 9.02. The van der Waals surface area contributed by atoms with Gasteiger partial charge in [0.05, 0.1) is 17.8 Å². The Morgan fingerprint density at radius 3 is 1.61 bits per heavy atom. The topological polar surface area (TPSA) is 66.8 Å². The quantitative estimate of drug-likeness (QED) is 0.183.